The fourth-order valence-electron chi connectivity index (χ4n) is 4.82. The number of thioether (sulfide) groups is 1. The number of carbonyl (C=O) groups is 1. The maximum atomic E-state index is 13.6. The van der Waals surface area contributed by atoms with Crippen molar-refractivity contribution in [1.82, 2.24) is 14.5 Å². The van der Waals surface area contributed by atoms with Crippen molar-refractivity contribution in [2.75, 3.05) is 12.9 Å². The van der Waals surface area contributed by atoms with Crippen molar-refractivity contribution in [3.63, 3.8) is 0 Å². The number of amides is 1. The van der Waals surface area contributed by atoms with E-state index in [0.29, 0.717) is 23.5 Å². The zero-order chi connectivity index (χ0) is 23.8. The van der Waals surface area contributed by atoms with Gasteiger partial charge in [0.1, 0.15) is 10.6 Å². The molecule has 0 radical (unpaired) electrons. The van der Waals surface area contributed by atoms with E-state index in [2.05, 4.69) is 0 Å². The first-order valence-electron chi connectivity index (χ1n) is 12.0. The molecule has 180 valence electrons. The van der Waals surface area contributed by atoms with Gasteiger partial charge in [-0.05, 0) is 62.8 Å². The Morgan fingerprint density at radius 1 is 1.18 bits per heavy atom. The number of carbonyl (C=O) groups excluding carboxylic acids is 1. The zero-order valence-corrected chi connectivity index (χ0v) is 21.6. The number of thiophene rings is 1. The number of methoxy groups -OCH3 is 1. The minimum Gasteiger partial charge on any atom is -0.497 e. The Morgan fingerprint density at radius 2 is 1.88 bits per heavy atom. The predicted molar refractivity (Wildman–Crippen MR) is 138 cm³/mol. The molecule has 8 heteroatoms. The number of hydrogen-bond acceptors (Lipinski definition) is 6. The zero-order valence-electron chi connectivity index (χ0n) is 20.0. The molecule has 0 bridgehead atoms. The van der Waals surface area contributed by atoms with Crippen molar-refractivity contribution in [2.45, 2.75) is 76.2 Å². The van der Waals surface area contributed by atoms with E-state index < -0.39 is 0 Å². The summed E-state index contributed by atoms with van der Waals surface area (Å²) in [5.41, 5.74) is 2.19. The molecule has 0 saturated heterocycles. The average molecular weight is 498 g/mol. The van der Waals surface area contributed by atoms with Gasteiger partial charge in [-0.1, -0.05) is 36.7 Å². The molecular formula is C26H31N3O3S2. The number of fused-ring (bicyclic) bond motifs is 1. The van der Waals surface area contributed by atoms with Crippen LogP contribution < -0.4 is 10.3 Å². The summed E-state index contributed by atoms with van der Waals surface area (Å²) in [7, 11) is 1.65. The average Bonchev–Trinajstić information content (AvgIpc) is 3.45. The van der Waals surface area contributed by atoms with Crippen molar-refractivity contribution in [2.24, 2.45) is 0 Å². The van der Waals surface area contributed by atoms with Gasteiger partial charge in [-0.25, -0.2) is 4.98 Å². The first-order chi connectivity index (χ1) is 16.5. The van der Waals surface area contributed by atoms with Gasteiger partial charge in [0.2, 0.25) is 5.91 Å². The number of benzene rings is 1. The highest BCUT2D eigenvalue weighted by Crippen LogP contribution is 2.35. The fraction of sp³-hybridized carbons (Fsp3) is 0.500. The highest BCUT2D eigenvalue weighted by molar-refractivity contribution is 7.99. The summed E-state index contributed by atoms with van der Waals surface area (Å²) < 4.78 is 7.15. The smallest absolute Gasteiger partial charge is 0.263 e. The van der Waals surface area contributed by atoms with E-state index in [1.54, 1.807) is 18.4 Å². The third kappa shape index (κ3) is 4.62. The first-order valence-corrected chi connectivity index (χ1v) is 13.8. The van der Waals surface area contributed by atoms with E-state index in [1.165, 1.54) is 11.8 Å². The van der Waals surface area contributed by atoms with Crippen LogP contribution in [-0.2, 0) is 11.3 Å². The van der Waals surface area contributed by atoms with Gasteiger partial charge in [-0.15, -0.1) is 11.3 Å². The molecule has 1 aromatic carbocycles. The summed E-state index contributed by atoms with van der Waals surface area (Å²) in [5, 5.41) is 1.45. The van der Waals surface area contributed by atoms with Gasteiger partial charge in [-0.3, -0.25) is 14.2 Å². The standard InChI is InChI=1S/C26H31N3O3S2/c1-16-17(2)34-24-23(16)25(31)29(20-6-4-5-7-20)26(27-24)33-15-22(30)28(19-10-11-19)14-18-8-12-21(32-3)13-9-18/h8-9,12-13,19-20H,4-7,10-11,14-15H2,1-3H3. The SMILES string of the molecule is COc1ccc(CN(C(=O)CSc2nc3sc(C)c(C)c3c(=O)n2C2CCCC2)C2CC2)cc1. The van der Waals surface area contributed by atoms with Crippen LogP contribution in [0.1, 0.15) is 60.6 Å². The van der Waals surface area contributed by atoms with Crippen LogP contribution in [0.15, 0.2) is 34.2 Å². The Kier molecular flexibility index (Phi) is 6.71. The van der Waals surface area contributed by atoms with Crippen LogP contribution in [0.25, 0.3) is 10.2 Å². The van der Waals surface area contributed by atoms with E-state index in [4.69, 9.17) is 9.72 Å². The molecule has 2 aliphatic rings. The van der Waals surface area contributed by atoms with Gasteiger partial charge >= 0.3 is 0 Å². The van der Waals surface area contributed by atoms with E-state index in [9.17, 15) is 9.59 Å². The summed E-state index contributed by atoms with van der Waals surface area (Å²) in [6.07, 6.45) is 6.38. The first kappa shape index (κ1) is 23.4. The molecule has 2 aliphatic carbocycles. The molecule has 0 unspecified atom stereocenters. The molecule has 5 rings (SSSR count). The predicted octanol–water partition coefficient (Wildman–Crippen LogP) is 5.48. The minimum absolute atomic E-state index is 0.0611. The van der Waals surface area contributed by atoms with Crippen LogP contribution in [0.4, 0.5) is 0 Å². The van der Waals surface area contributed by atoms with E-state index in [0.717, 1.165) is 70.5 Å². The molecule has 2 fully saturated rings. The van der Waals surface area contributed by atoms with Crippen LogP contribution in [-0.4, -0.2) is 39.3 Å². The monoisotopic (exact) mass is 497 g/mol. The Hall–Kier alpha value is -2.32. The van der Waals surface area contributed by atoms with Crippen LogP contribution in [0, 0.1) is 13.8 Å². The highest BCUT2D eigenvalue weighted by atomic mass is 32.2. The molecule has 34 heavy (non-hydrogen) atoms. The molecule has 3 aromatic rings. The second-order valence-corrected chi connectivity index (χ2v) is 11.5. The third-order valence-electron chi connectivity index (χ3n) is 7.04. The van der Waals surface area contributed by atoms with Gasteiger partial charge in [0.15, 0.2) is 5.16 Å². The maximum absolute atomic E-state index is 13.6. The molecule has 0 atom stereocenters. The summed E-state index contributed by atoms with van der Waals surface area (Å²) in [6.45, 7) is 4.66. The van der Waals surface area contributed by atoms with Crippen LogP contribution in [0.2, 0.25) is 0 Å². The Bertz CT molecular complexity index is 1260. The van der Waals surface area contributed by atoms with Crippen molar-refractivity contribution in [3.05, 3.63) is 50.6 Å². The van der Waals surface area contributed by atoms with Gasteiger partial charge in [-0.2, -0.15) is 0 Å². The molecule has 0 spiro atoms. The Balaban J connectivity index is 1.39. The van der Waals surface area contributed by atoms with Crippen molar-refractivity contribution in [3.8, 4) is 5.75 Å². The van der Waals surface area contributed by atoms with Crippen molar-refractivity contribution in [1.29, 1.82) is 0 Å². The van der Waals surface area contributed by atoms with Gasteiger partial charge in [0, 0.05) is 23.5 Å². The Labute approximate surface area is 208 Å². The van der Waals surface area contributed by atoms with E-state index in [-0.39, 0.29) is 17.5 Å². The second-order valence-electron chi connectivity index (χ2n) is 9.36. The molecule has 0 aliphatic heterocycles. The van der Waals surface area contributed by atoms with Crippen molar-refractivity contribution < 1.29 is 9.53 Å². The normalized spacial score (nSPS) is 16.3. The molecule has 2 heterocycles. The Morgan fingerprint density at radius 3 is 2.53 bits per heavy atom. The molecule has 0 N–H and O–H groups in total. The number of ether oxygens (including phenoxy) is 1. The van der Waals surface area contributed by atoms with Gasteiger partial charge < -0.3 is 9.64 Å². The maximum Gasteiger partial charge on any atom is 0.263 e. The van der Waals surface area contributed by atoms with E-state index in [1.807, 2.05) is 47.6 Å². The number of aromatic nitrogens is 2. The largest absolute Gasteiger partial charge is 0.497 e. The number of rotatable bonds is 8. The highest BCUT2D eigenvalue weighted by Gasteiger charge is 2.33. The van der Waals surface area contributed by atoms with Crippen molar-refractivity contribution >= 4 is 39.2 Å². The summed E-state index contributed by atoms with van der Waals surface area (Å²) >= 11 is 3.00. The molecule has 2 saturated carbocycles. The lowest BCUT2D eigenvalue weighted by Crippen LogP contribution is -2.34. The topological polar surface area (TPSA) is 64.4 Å². The fourth-order valence-corrected chi connectivity index (χ4v) is 6.84. The third-order valence-corrected chi connectivity index (χ3v) is 9.08. The lowest BCUT2D eigenvalue weighted by atomic mass is 10.2. The lowest BCUT2D eigenvalue weighted by molar-refractivity contribution is -0.129. The minimum atomic E-state index is 0.0611. The number of hydrogen-bond donors (Lipinski definition) is 0. The molecule has 2 aromatic heterocycles. The lowest BCUT2D eigenvalue weighted by Gasteiger charge is -2.23. The van der Waals surface area contributed by atoms with Crippen LogP contribution in [0.3, 0.4) is 0 Å². The second kappa shape index (κ2) is 9.74. The van der Waals surface area contributed by atoms with Gasteiger partial charge in [0.25, 0.3) is 5.56 Å². The molecule has 1 amide bonds. The summed E-state index contributed by atoms with van der Waals surface area (Å²) in [5.74, 6) is 1.21. The van der Waals surface area contributed by atoms with Crippen LogP contribution >= 0.6 is 23.1 Å². The quantitative estimate of drug-likeness (QED) is 0.305. The molecular weight excluding hydrogens is 466 g/mol. The molecule has 6 nitrogen and oxygen atoms in total. The van der Waals surface area contributed by atoms with E-state index >= 15 is 0 Å². The summed E-state index contributed by atoms with van der Waals surface area (Å²) in [4.78, 5) is 35.7. The number of nitrogens with zero attached hydrogens (tertiary/aromatic N) is 3. The van der Waals surface area contributed by atoms with Crippen LogP contribution in [0.5, 0.6) is 5.75 Å². The summed E-state index contributed by atoms with van der Waals surface area (Å²) in [6, 6.07) is 8.39. The number of aryl methyl sites for hydroxylation is 2. The van der Waals surface area contributed by atoms with Gasteiger partial charge in [0.05, 0.1) is 18.2 Å².